The van der Waals surface area contributed by atoms with Crippen LogP contribution in [0.2, 0.25) is 0 Å². The van der Waals surface area contributed by atoms with Gasteiger partial charge in [0.25, 0.3) is 0 Å². The normalized spacial score (nSPS) is 12.9. The number of aromatic amines is 1. The molecule has 1 N–H and O–H groups in total. The highest BCUT2D eigenvalue weighted by molar-refractivity contribution is 5.91. The largest absolute Gasteiger partial charge is 0.361 e. The first-order valence-corrected chi connectivity index (χ1v) is 14.4. The number of nitrogens with zero attached hydrogens (tertiary/aromatic N) is 2. The molecule has 5 heteroatoms. The monoisotopic (exact) mass is 541 g/mol. The SMILES string of the molecule is O=C(CN(C(=O)C(c1ccccc1)c1ccccc1)C1CC1)N(CCc1c[nH]c2ccccc12)Cc1ccccc1. The second-order valence-corrected chi connectivity index (χ2v) is 10.9. The average Bonchev–Trinajstić information content (AvgIpc) is 3.78. The van der Waals surface area contributed by atoms with Crippen LogP contribution in [-0.4, -0.2) is 45.7 Å². The molecule has 0 radical (unpaired) electrons. The summed E-state index contributed by atoms with van der Waals surface area (Å²) in [4.78, 5) is 35.4. The lowest BCUT2D eigenvalue weighted by Crippen LogP contribution is -2.46. The van der Waals surface area contributed by atoms with Crippen LogP contribution < -0.4 is 0 Å². The predicted octanol–water partition coefficient (Wildman–Crippen LogP) is 6.56. The highest BCUT2D eigenvalue weighted by atomic mass is 16.2. The molecular weight excluding hydrogens is 506 g/mol. The van der Waals surface area contributed by atoms with Crippen LogP contribution in [0.25, 0.3) is 10.9 Å². The Labute approximate surface area is 241 Å². The number of aromatic nitrogens is 1. The third-order valence-corrected chi connectivity index (χ3v) is 7.98. The van der Waals surface area contributed by atoms with Crippen molar-refractivity contribution in [2.45, 2.75) is 37.8 Å². The molecule has 5 nitrogen and oxygen atoms in total. The van der Waals surface area contributed by atoms with Gasteiger partial charge in [-0.15, -0.1) is 0 Å². The fraction of sp³-hybridized carbons (Fsp3) is 0.222. The number of hydrogen-bond donors (Lipinski definition) is 1. The van der Waals surface area contributed by atoms with Crippen molar-refractivity contribution in [1.82, 2.24) is 14.8 Å². The first kappa shape index (κ1) is 26.6. The standard InChI is InChI=1S/C36H35N3O2/c40-34(38(25-27-12-4-1-5-13-27)23-22-30-24-37-33-19-11-10-18-32(30)33)26-39(31-20-21-31)36(41)35(28-14-6-2-7-15-28)29-16-8-3-9-17-29/h1-19,24,31,35,37H,20-23,25-26H2. The molecule has 206 valence electrons. The Morgan fingerprint density at radius 2 is 1.34 bits per heavy atom. The van der Waals surface area contributed by atoms with Gasteiger partial charge in [-0.1, -0.05) is 109 Å². The van der Waals surface area contributed by atoms with Crippen LogP contribution in [-0.2, 0) is 22.6 Å². The molecule has 1 saturated carbocycles. The summed E-state index contributed by atoms with van der Waals surface area (Å²) in [6.07, 6.45) is 4.64. The summed E-state index contributed by atoms with van der Waals surface area (Å²) in [6, 6.07) is 38.3. The lowest BCUT2D eigenvalue weighted by atomic mass is 9.90. The molecule has 0 aliphatic heterocycles. The zero-order valence-electron chi connectivity index (χ0n) is 23.2. The Morgan fingerprint density at radius 1 is 0.756 bits per heavy atom. The maximum atomic E-state index is 14.3. The van der Waals surface area contributed by atoms with E-state index in [1.165, 1.54) is 10.9 Å². The van der Waals surface area contributed by atoms with Crippen LogP contribution in [0.3, 0.4) is 0 Å². The van der Waals surface area contributed by atoms with Crippen molar-refractivity contribution >= 4 is 22.7 Å². The van der Waals surface area contributed by atoms with E-state index in [1.807, 2.05) is 107 Å². The molecule has 4 aromatic carbocycles. The number of H-pyrrole nitrogens is 1. The minimum atomic E-state index is -0.445. The van der Waals surface area contributed by atoms with Crippen LogP contribution in [0.4, 0.5) is 0 Å². The third-order valence-electron chi connectivity index (χ3n) is 7.98. The van der Waals surface area contributed by atoms with Crippen LogP contribution in [0.15, 0.2) is 121 Å². The summed E-state index contributed by atoms with van der Waals surface area (Å²) in [5, 5.41) is 1.18. The first-order valence-electron chi connectivity index (χ1n) is 14.4. The molecule has 1 fully saturated rings. The molecule has 6 rings (SSSR count). The van der Waals surface area contributed by atoms with Gasteiger partial charge in [-0.05, 0) is 47.6 Å². The van der Waals surface area contributed by atoms with E-state index in [1.54, 1.807) is 0 Å². The van der Waals surface area contributed by atoms with Gasteiger partial charge in [0.05, 0.1) is 5.92 Å². The summed E-state index contributed by atoms with van der Waals surface area (Å²) < 4.78 is 0. The molecule has 1 aliphatic rings. The highest BCUT2D eigenvalue weighted by Gasteiger charge is 2.38. The number of amides is 2. The number of para-hydroxylation sites is 1. The highest BCUT2D eigenvalue weighted by Crippen LogP contribution is 2.33. The first-order chi connectivity index (χ1) is 20.2. The fourth-order valence-electron chi connectivity index (χ4n) is 5.64. The van der Waals surface area contributed by atoms with E-state index < -0.39 is 5.92 Å². The van der Waals surface area contributed by atoms with Crippen molar-refractivity contribution in [3.63, 3.8) is 0 Å². The second kappa shape index (κ2) is 12.3. The molecule has 0 saturated heterocycles. The minimum Gasteiger partial charge on any atom is -0.361 e. The van der Waals surface area contributed by atoms with Gasteiger partial charge in [-0.2, -0.15) is 0 Å². The number of carbonyl (C=O) groups excluding carboxylic acids is 2. The van der Waals surface area contributed by atoms with Gasteiger partial charge < -0.3 is 14.8 Å². The van der Waals surface area contributed by atoms with Crippen molar-refractivity contribution in [2.75, 3.05) is 13.1 Å². The van der Waals surface area contributed by atoms with Crippen molar-refractivity contribution in [1.29, 1.82) is 0 Å². The summed E-state index contributed by atoms with van der Waals surface area (Å²) in [5.41, 5.74) is 5.26. The second-order valence-electron chi connectivity index (χ2n) is 10.9. The van der Waals surface area contributed by atoms with Gasteiger partial charge in [0.15, 0.2) is 0 Å². The predicted molar refractivity (Wildman–Crippen MR) is 163 cm³/mol. The molecule has 0 unspecified atom stereocenters. The Bertz CT molecular complexity index is 1550. The lowest BCUT2D eigenvalue weighted by Gasteiger charge is -2.31. The van der Waals surface area contributed by atoms with Gasteiger partial charge in [0, 0.05) is 36.2 Å². The van der Waals surface area contributed by atoms with Gasteiger partial charge in [0.2, 0.25) is 11.8 Å². The molecule has 1 aromatic heterocycles. The maximum Gasteiger partial charge on any atom is 0.242 e. The quantitative estimate of drug-likeness (QED) is 0.206. The fourth-order valence-corrected chi connectivity index (χ4v) is 5.64. The molecular formula is C36H35N3O2. The van der Waals surface area contributed by atoms with E-state index in [0.717, 1.165) is 41.5 Å². The number of hydrogen-bond acceptors (Lipinski definition) is 2. The van der Waals surface area contributed by atoms with Crippen LogP contribution in [0.1, 0.15) is 41.0 Å². The average molecular weight is 542 g/mol. The minimum absolute atomic E-state index is 0.00506. The number of carbonyl (C=O) groups is 2. The van der Waals surface area contributed by atoms with Crippen molar-refractivity contribution in [3.05, 3.63) is 144 Å². The number of benzene rings is 4. The maximum absolute atomic E-state index is 14.3. The smallest absolute Gasteiger partial charge is 0.242 e. The molecule has 1 aliphatic carbocycles. The van der Waals surface area contributed by atoms with Gasteiger partial charge in [-0.25, -0.2) is 0 Å². The summed E-state index contributed by atoms with van der Waals surface area (Å²) in [5.74, 6) is -0.469. The molecule has 5 aromatic rings. The van der Waals surface area contributed by atoms with E-state index in [0.29, 0.717) is 13.1 Å². The molecule has 0 spiro atoms. The number of nitrogens with one attached hydrogen (secondary N) is 1. The van der Waals surface area contributed by atoms with Crippen molar-refractivity contribution < 1.29 is 9.59 Å². The van der Waals surface area contributed by atoms with E-state index in [4.69, 9.17) is 0 Å². The van der Waals surface area contributed by atoms with E-state index in [-0.39, 0.29) is 24.4 Å². The molecule has 2 amide bonds. The third kappa shape index (κ3) is 6.25. The zero-order valence-corrected chi connectivity index (χ0v) is 23.2. The lowest BCUT2D eigenvalue weighted by molar-refractivity contribution is -0.141. The number of fused-ring (bicyclic) bond motifs is 1. The molecule has 0 bridgehead atoms. The van der Waals surface area contributed by atoms with Crippen LogP contribution >= 0.6 is 0 Å². The zero-order chi connectivity index (χ0) is 28.0. The van der Waals surface area contributed by atoms with E-state index >= 15 is 0 Å². The van der Waals surface area contributed by atoms with Gasteiger partial charge in [0.1, 0.15) is 6.54 Å². The van der Waals surface area contributed by atoms with E-state index in [9.17, 15) is 9.59 Å². The summed E-state index contributed by atoms with van der Waals surface area (Å²) in [6.45, 7) is 1.17. The van der Waals surface area contributed by atoms with E-state index in [2.05, 4.69) is 29.2 Å². The van der Waals surface area contributed by atoms with Crippen LogP contribution in [0, 0.1) is 0 Å². The molecule has 0 atom stereocenters. The van der Waals surface area contributed by atoms with Crippen LogP contribution in [0.5, 0.6) is 0 Å². The Kier molecular flexibility index (Phi) is 7.94. The Hall–Kier alpha value is -4.64. The molecule has 1 heterocycles. The number of rotatable bonds is 11. The Balaban J connectivity index is 1.25. The topological polar surface area (TPSA) is 56.4 Å². The Morgan fingerprint density at radius 3 is 1.98 bits per heavy atom. The van der Waals surface area contributed by atoms with Gasteiger partial charge in [-0.3, -0.25) is 9.59 Å². The summed E-state index contributed by atoms with van der Waals surface area (Å²) in [7, 11) is 0. The van der Waals surface area contributed by atoms with Crippen molar-refractivity contribution in [2.24, 2.45) is 0 Å². The molecule has 41 heavy (non-hydrogen) atoms. The van der Waals surface area contributed by atoms with Gasteiger partial charge >= 0.3 is 0 Å². The summed E-state index contributed by atoms with van der Waals surface area (Å²) >= 11 is 0. The van der Waals surface area contributed by atoms with Crippen molar-refractivity contribution in [3.8, 4) is 0 Å².